The zero-order valence-electron chi connectivity index (χ0n) is 15.8. The number of nitrogens with one attached hydrogen (secondary N) is 1. The van der Waals surface area contributed by atoms with Crippen molar-refractivity contribution in [2.75, 3.05) is 27.2 Å². The fourth-order valence-corrected chi connectivity index (χ4v) is 2.55. The molecule has 0 saturated heterocycles. The minimum Gasteiger partial charge on any atom is -0.353 e. The normalized spacial score (nSPS) is 11.0. The van der Waals surface area contributed by atoms with Crippen LogP contribution in [-0.4, -0.2) is 64.6 Å². The van der Waals surface area contributed by atoms with Gasteiger partial charge in [0, 0.05) is 31.4 Å². The van der Waals surface area contributed by atoms with E-state index in [2.05, 4.69) is 10.4 Å². The van der Waals surface area contributed by atoms with Gasteiger partial charge in [-0.3, -0.25) is 14.5 Å². The molecule has 2 aromatic rings. The Bertz CT molecular complexity index is 727. The molecule has 0 aliphatic carbocycles. The van der Waals surface area contributed by atoms with Gasteiger partial charge in [-0.25, -0.2) is 4.68 Å². The van der Waals surface area contributed by atoms with E-state index in [1.165, 1.54) is 0 Å². The summed E-state index contributed by atoms with van der Waals surface area (Å²) < 4.78 is 1.79. The molecule has 26 heavy (non-hydrogen) atoms. The van der Waals surface area contributed by atoms with Gasteiger partial charge in [0.25, 0.3) is 0 Å². The van der Waals surface area contributed by atoms with Crippen molar-refractivity contribution in [3.63, 3.8) is 0 Å². The van der Waals surface area contributed by atoms with Crippen LogP contribution in [0, 0.1) is 0 Å². The lowest BCUT2D eigenvalue weighted by Gasteiger charge is -2.21. The molecule has 0 aliphatic heterocycles. The van der Waals surface area contributed by atoms with Crippen LogP contribution >= 0.6 is 0 Å². The van der Waals surface area contributed by atoms with E-state index in [4.69, 9.17) is 0 Å². The monoisotopic (exact) mass is 357 g/mol. The molecule has 7 heteroatoms. The van der Waals surface area contributed by atoms with Crippen LogP contribution in [0.4, 0.5) is 0 Å². The van der Waals surface area contributed by atoms with Crippen LogP contribution < -0.4 is 5.32 Å². The fraction of sp³-hybridized carbons (Fsp3) is 0.421. The van der Waals surface area contributed by atoms with Crippen molar-refractivity contribution >= 4 is 11.8 Å². The first-order chi connectivity index (χ1) is 12.3. The quantitative estimate of drug-likeness (QED) is 0.773. The Hall–Kier alpha value is -2.67. The summed E-state index contributed by atoms with van der Waals surface area (Å²) in [6.07, 6.45) is 3.68. The van der Waals surface area contributed by atoms with E-state index in [1.807, 2.05) is 50.4 Å². The summed E-state index contributed by atoms with van der Waals surface area (Å²) in [4.78, 5) is 27.5. The molecule has 0 saturated carbocycles. The molecule has 2 amide bonds. The fourth-order valence-electron chi connectivity index (χ4n) is 2.55. The van der Waals surface area contributed by atoms with E-state index in [-0.39, 0.29) is 30.9 Å². The number of rotatable bonds is 8. The third-order valence-electron chi connectivity index (χ3n) is 3.77. The summed E-state index contributed by atoms with van der Waals surface area (Å²) in [5, 5.41) is 7.16. The van der Waals surface area contributed by atoms with Gasteiger partial charge in [0.15, 0.2) is 0 Å². The van der Waals surface area contributed by atoms with Crippen molar-refractivity contribution in [1.29, 1.82) is 0 Å². The first kappa shape index (κ1) is 19.7. The highest BCUT2D eigenvalue weighted by molar-refractivity contribution is 5.81. The third-order valence-corrected chi connectivity index (χ3v) is 3.77. The first-order valence-electron chi connectivity index (χ1n) is 8.66. The summed E-state index contributed by atoms with van der Waals surface area (Å²) in [7, 11) is 3.52. The summed E-state index contributed by atoms with van der Waals surface area (Å²) >= 11 is 0. The lowest BCUT2D eigenvalue weighted by Crippen LogP contribution is -2.42. The maximum atomic E-state index is 12.4. The van der Waals surface area contributed by atoms with Crippen molar-refractivity contribution in [3.8, 4) is 5.69 Å². The van der Waals surface area contributed by atoms with E-state index in [9.17, 15) is 9.59 Å². The van der Waals surface area contributed by atoms with E-state index < -0.39 is 0 Å². The number of nitrogens with zero attached hydrogens (tertiary/aromatic N) is 4. The Kier molecular flexibility index (Phi) is 6.91. The first-order valence-corrected chi connectivity index (χ1v) is 8.66. The van der Waals surface area contributed by atoms with Crippen molar-refractivity contribution in [2.24, 2.45) is 0 Å². The molecule has 0 radical (unpaired) electrons. The lowest BCUT2D eigenvalue weighted by molar-refractivity contribution is -0.132. The second-order valence-electron chi connectivity index (χ2n) is 6.77. The van der Waals surface area contributed by atoms with Gasteiger partial charge in [0.1, 0.15) is 0 Å². The Labute approximate surface area is 154 Å². The van der Waals surface area contributed by atoms with Crippen LogP contribution in [0.15, 0.2) is 42.7 Å². The maximum Gasteiger partial charge on any atom is 0.236 e. The number of benzene rings is 1. The van der Waals surface area contributed by atoms with Gasteiger partial charge in [0.2, 0.25) is 11.8 Å². The van der Waals surface area contributed by atoms with Crippen LogP contribution in [0.2, 0.25) is 0 Å². The van der Waals surface area contributed by atoms with Gasteiger partial charge in [-0.15, -0.1) is 0 Å². The van der Waals surface area contributed by atoms with Gasteiger partial charge in [-0.1, -0.05) is 18.2 Å². The molecule has 7 nitrogen and oxygen atoms in total. The highest BCUT2D eigenvalue weighted by Gasteiger charge is 2.15. The SMILES string of the molecule is CC(C)NC(=O)CN(C)CC(=O)N(C)Cc1cnn(-c2ccccc2)c1. The molecule has 2 rings (SSSR count). The smallest absolute Gasteiger partial charge is 0.236 e. The Morgan fingerprint density at radius 3 is 2.50 bits per heavy atom. The van der Waals surface area contributed by atoms with Crippen LogP contribution in [0.1, 0.15) is 19.4 Å². The van der Waals surface area contributed by atoms with E-state index in [0.29, 0.717) is 6.54 Å². The van der Waals surface area contributed by atoms with E-state index in [0.717, 1.165) is 11.3 Å². The molecule has 0 atom stereocenters. The molecule has 1 heterocycles. The highest BCUT2D eigenvalue weighted by atomic mass is 16.2. The Morgan fingerprint density at radius 2 is 1.85 bits per heavy atom. The van der Waals surface area contributed by atoms with Crippen molar-refractivity contribution < 1.29 is 9.59 Å². The molecule has 0 unspecified atom stereocenters. The maximum absolute atomic E-state index is 12.4. The molecule has 1 aromatic carbocycles. The summed E-state index contributed by atoms with van der Waals surface area (Å²) in [6.45, 7) is 4.68. The van der Waals surface area contributed by atoms with E-state index in [1.54, 1.807) is 34.8 Å². The standard InChI is InChI=1S/C19H27N5O2/c1-15(2)21-18(25)13-22(3)14-19(26)23(4)11-16-10-20-24(12-16)17-8-6-5-7-9-17/h5-10,12,15H,11,13-14H2,1-4H3,(H,21,25). The largest absolute Gasteiger partial charge is 0.353 e. The number of carbonyl (C=O) groups excluding carboxylic acids is 2. The van der Waals surface area contributed by atoms with Crippen molar-refractivity contribution in [2.45, 2.75) is 26.4 Å². The summed E-state index contributed by atoms with van der Waals surface area (Å²) in [5.74, 6) is -0.126. The zero-order valence-corrected chi connectivity index (χ0v) is 15.8. The molecule has 1 aromatic heterocycles. The molecule has 140 valence electrons. The molecular weight excluding hydrogens is 330 g/mol. The molecular formula is C19H27N5O2. The van der Waals surface area contributed by atoms with Crippen molar-refractivity contribution in [1.82, 2.24) is 24.9 Å². The van der Waals surface area contributed by atoms with Crippen LogP contribution in [-0.2, 0) is 16.1 Å². The number of hydrogen-bond acceptors (Lipinski definition) is 4. The second kappa shape index (κ2) is 9.15. The van der Waals surface area contributed by atoms with Crippen molar-refractivity contribution in [3.05, 3.63) is 48.3 Å². The van der Waals surface area contributed by atoms with Gasteiger partial charge < -0.3 is 10.2 Å². The number of aromatic nitrogens is 2. The number of amides is 2. The minimum absolute atomic E-state index is 0.0442. The van der Waals surface area contributed by atoms with Crippen LogP contribution in [0.25, 0.3) is 5.69 Å². The van der Waals surface area contributed by atoms with Gasteiger partial charge in [-0.05, 0) is 33.0 Å². The highest BCUT2D eigenvalue weighted by Crippen LogP contribution is 2.09. The Morgan fingerprint density at radius 1 is 1.15 bits per heavy atom. The average molecular weight is 357 g/mol. The third kappa shape index (κ3) is 6.00. The van der Waals surface area contributed by atoms with Gasteiger partial charge >= 0.3 is 0 Å². The molecule has 0 spiro atoms. The number of carbonyl (C=O) groups is 2. The lowest BCUT2D eigenvalue weighted by atomic mass is 10.3. The molecule has 0 fully saturated rings. The average Bonchev–Trinajstić information content (AvgIpc) is 3.03. The molecule has 1 N–H and O–H groups in total. The minimum atomic E-state index is -0.0814. The zero-order chi connectivity index (χ0) is 19.1. The number of para-hydroxylation sites is 1. The number of hydrogen-bond donors (Lipinski definition) is 1. The topological polar surface area (TPSA) is 70.5 Å². The van der Waals surface area contributed by atoms with Crippen LogP contribution in [0.5, 0.6) is 0 Å². The Balaban J connectivity index is 1.85. The summed E-state index contributed by atoms with van der Waals surface area (Å²) in [5.41, 5.74) is 1.92. The summed E-state index contributed by atoms with van der Waals surface area (Å²) in [6, 6.07) is 9.91. The van der Waals surface area contributed by atoms with Crippen LogP contribution in [0.3, 0.4) is 0 Å². The van der Waals surface area contributed by atoms with Gasteiger partial charge in [-0.2, -0.15) is 5.10 Å². The molecule has 0 aliphatic rings. The molecule has 0 bridgehead atoms. The van der Waals surface area contributed by atoms with Gasteiger partial charge in [0.05, 0.1) is 25.0 Å². The second-order valence-corrected chi connectivity index (χ2v) is 6.77. The number of likely N-dealkylation sites (N-methyl/N-ethyl adjacent to an activating group) is 2. The predicted molar refractivity (Wildman–Crippen MR) is 101 cm³/mol. The van der Waals surface area contributed by atoms with E-state index >= 15 is 0 Å². The predicted octanol–water partition coefficient (Wildman–Crippen LogP) is 1.29.